The minimum Gasteiger partial charge on any atom is -0.353 e. The van der Waals surface area contributed by atoms with Gasteiger partial charge in [-0.15, -0.1) is 12.4 Å². The van der Waals surface area contributed by atoms with Crippen LogP contribution in [0, 0.1) is 5.92 Å². The number of carbonyl (C=O) groups is 1. The summed E-state index contributed by atoms with van der Waals surface area (Å²) >= 11 is 0. The van der Waals surface area contributed by atoms with Crippen LogP contribution in [0.2, 0.25) is 0 Å². The average molecular weight is 315 g/mol. The third-order valence-corrected chi connectivity index (χ3v) is 4.15. The molecule has 2 rings (SSSR count). The molecule has 0 radical (unpaired) electrons. The van der Waals surface area contributed by atoms with Crippen molar-refractivity contribution in [2.24, 2.45) is 5.92 Å². The van der Waals surface area contributed by atoms with Gasteiger partial charge in [0.15, 0.2) is 0 Å². The van der Waals surface area contributed by atoms with Gasteiger partial charge in [0.2, 0.25) is 5.91 Å². The standard InChI is InChI=1S/C13H21F3N2O.ClH/c14-13(15,16)9-3-5-10(6-4-9)18-12(19)8-11-2-1-7-17-11;/h9-11,17H,1-8H2,(H,18,19);1H. The molecule has 1 atom stereocenters. The van der Waals surface area contributed by atoms with Crippen LogP contribution in [0.3, 0.4) is 0 Å². The first kappa shape index (κ1) is 17.6. The maximum atomic E-state index is 12.5. The SMILES string of the molecule is Cl.O=C(CC1CCCN1)NC1CCC(C(F)(F)F)CC1. The first-order valence-electron chi connectivity index (χ1n) is 7.04. The Morgan fingerprint density at radius 2 is 1.80 bits per heavy atom. The zero-order valence-electron chi connectivity index (χ0n) is 11.3. The van der Waals surface area contributed by atoms with Gasteiger partial charge in [0.05, 0.1) is 5.92 Å². The van der Waals surface area contributed by atoms with Gasteiger partial charge in [-0.25, -0.2) is 0 Å². The molecule has 1 aliphatic heterocycles. The molecular weight excluding hydrogens is 293 g/mol. The molecule has 1 aliphatic carbocycles. The molecule has 1 saturated carbocycles. The van der Waals surface area contributed by atoms with Crippen LogP contribution in [0.1, 0.15) is 44.9 Å². The third kappa shape index (κ3) is 5.13. The van der Waals surface area contributed by atoms with Crippen LogP contribution in [0.15, 0.2) is 0 Å². The number of hydrogen-bond acceptors (Lipinski definition) is 2. The molecule has 2 aliphatic rings. The molecule has 0 spiro atoms. The molecule has 0 aromatic rings. The lowest BCUT2D eigenvalue weighted by molar-refractivity contribution is -0.182. The highest BCUT2D eigenvalue weighted by Crippen LogP contribution is 2.37. The summed E-state index contributed by atoms with van der Waals surface area (Å²) in [6.45, 7) is 0.953. The lowest BCUT2D eigenvalue weighted by Crippen LogP contribution is -2.41. The van der Waals surface area contributed by atoms with E-state index in [0.29, 0.717) is 19.3 Å². The quantitative estimate of drug-likeness (QED) is 0.841. The van der Waals surface area contributed by atoms with E-state index in [1.165, 1.54) is 0 Å². The Hall–Kier alpha value is -0.490. The fraction of sp³-hybridized carbons (Fsp3) is 0.923. The molecule has 118 valence electrons. The van der Waals surface area contributed by atoms with Crippen LogP contribution in [0.4, 0.5) is 13.2 Å². The molecule has 0 aromatic carbocycles. The topological polar surface area (TPSA) is 41.1 Å². The fourth-order valence-electron chi connectivity index (χ4n) is 3.01. The highest BCUT2D eigenvalue weighted by atomic mass is 35.5. The zero-order chi connectivity index (χ0) is 13.9. The van der Waals surface area contributed by atoms with Gasteiger partial charge >= 0.3 is 6.18 Å². The predicted octanol–water partition coefficient (Wildman–Crippen LogP) is 2.79. The smallest absolute Gasteiger partial charge is 0.353 e. The molecular formula is C13H22ClF3N2O. The van der Waals surface area contributed by atoms with Crippen LogP contribution < -0.4 is 10.6 Å². The van der Waals surface area contributed by atoms with E-state index in [2.05, 4.69) is 10.6 Å². The maximum absolute atomic E-state index is 12.5. The van der Waals surface area contributed by atoms with Gasteiger partial charge in [-0.3, -0.25) is 4.79 Å². The summed E-state index contributed by atoms with van der Waals surface area (Å²) in [4.78, 5) is 11.8. The molecule has 20 heavy (non-hydrogen) atoms. The van der Waals surface area contributed by atoms with E-state index < -0.39 is 12.1 Å². The maximum Gasteiger partial charge on any atom is 0.391 e. The third-order valence-electron chi connectivity index (χ3n) is 4.15. The molecule has 0 aromatic heterocycles. The number of halogens is 4. The van der Waals surface area contributed by atoms with Gasteiger partial charge in [-0.2, -0.15) is 13.2 Å². The molecule has 1 unspecified atom stereocenters. The van der Waals surface area contributed by atoms with Crippen molar-refractivity contribution in [3.05, 3.63) is 0 Å². The molecule has 1 heterocycles. The highest BCUT2D eigenvalue weighted by molar-refractivity contribution is 5.85. The lowest BCUT2D eigenvalue weighted by Gasteiger charge is -2.30. The number of carbonyl (C=O) groups excluding carboxylic acids is 1. The summed E-state index contributed by atoms with van der Waals surface area (Å²) in [7, 11) is 0. The van der Waals surface area contributed by atoms with Gasteiger partial charge < -0.3 is 10.6 Å². The predicted molar refractivity (Wildman–Crippen MR) is 72.8 cm³/mol. The molecule has 0 bridgehead atoms. The number of hydrogen-bond donors (Lipinski definition) is 2. The summed E-state index contributed by atoms with van der Waals surface area (Å²) in [5.41, 5.74) is 0. The fourth-order valence-corrected chi connectivity index (χ4v) is 3.01. The van der Waals surface area contributed by atoms with Gasteiger partial charge in [0.25, 0.3) is 0 Å². The lowest BCUT2D eigenvalue weighted by atomic mass is 9.85. The van der Waals surface area contributed by atoms with E-state index in [0.717, 1.165) is 19.4 Å². The molecule has 2 fully saturated rings. The molecule has 1 saturated heterocycles. The first-order valence-corrected chi connectivity index (χ1v) is 7.04. The van der Waals surface area contributed by atoms with Crippen molar-refractivity contribution in [1.82, 2.24) is 10.6 Å². The van der Waals surface area contributed by atoms with Crippen LogP contribution in [-0.2, 0) is 4.79 Å². The largest absolute Gasteiger partial charge is 0.391 e. The Balaban J connectivity index is 0.00000200. The van der Waals surface area contributed by atoms with Crippen molar-refractivity contribution in [1.29, 1.82) is 0 Å². The van der Waals surface area contributed by atoms with E-state index in [1.807, 2.05) is 0 Å². The van der Waals surface area contributed by atoms with Gasteiger partial charge in [0, 0.05) is 18.5 Å². The molecule has 1 amide bonds. The van der Waals surface area contributed by atoms with E-state index in [-0.39, 0.29) is 43.2 Å². The number of rotatable bonds is 3. The Morgan fingerprint density at radius 1 is 1.15 bits per heavy atom. The Morgan fingerprint density at radius 3 is 2.30 bits per heavy atom. The van der Waals surface area contributed by atoms with Gasteiger partial charge in [-0.1, -0.05) is 0 Å². The van der Waals surface area contributed by atoms with Crippen molar-refractivity contribution < 1.29 is 18.0 Å². The molecule has 2 N–H and O–H groups in total. The summed E-state index contributed by atoms with van der Waals surface area (Å²) in [5.74, 6) is -1.22. The highest BCUT2D eigenvalue weighted by Gasteiger charge is 2.41. The number of alkyl halides is 3. The second kappa shape index (κ2) is 7.50. The Kier molecular flexibility index (Phi) is 6.58. The van der Waals surface area contributed by atoms with Crippen LogP contribution in [0.25, 0.3) is 0 Å². The number of nitrogens with one attached hydrogen (secondary N) is 2. The van der Waals surface area contributed by atoms with Crippen LogP contribution in [0.5, 0.6) is 0 Å². The van der Waals surface area contributed by atoms with Crippen molar-refractivity contribution in [3.8, 4) is 0 Å². The summed E-state index contributed by atoms with van der Waals surface area (Å²) in [6, 6.07) is 0.166. The minimum absolute atomic E-state index is 0. The second-order valence-corrected chi connectivity index (χ2v) is 5.66. The van der Waals surface area contributed by atoms with E-state index in [4.69, 9.17) is 0 Å². The van der Waals surface area contributed by atoms with Crippen molar-refractivity contribution >= 4 is 18.3 Å². The van der Waals surface area contributed by atoms with Gasteiger partial charge in [0.1, 0.15) is 0 Å². The van der Waals surface area contributed by atoms with Gasteiger partial charge in [-0.05, 0) is 45.1 Å². The molecule has 3 nitrogen and oxygen atoms in total. The van der Waals surface area contributed by atoms with E-state index >= 15 is 0 Å². The second-order valence-electron chi connectivity index (χ2n) is 5.66. The average Bonchev–Trinajstić information content (AvgIpc) is 2.81. The minimum atomic E-state index is -4.08. The van der Waals surface area contributed by atoms with Crippen molar-refractivity contribution in [3.63, 3.8) is 0 Å². The normalized spacial score (nSPS) is 30.6. The Bertz CT molecular complexity index is 311. The monoisotopic (exact) mass is 314 g/mol. The van der Waals surface area contributed by atoms with Crippen LogP contribution in [-0.4, -0.2) is 30.7 Å². The first-order chi connectivity index (χ1) is 8.95. The zero-order valence-corrected chi connectivity index (χ0v) is 12.2. The summed E-state index contributed by atoms with van der Waals surface area (Å²) < 4.78 is 37.5. The Labute approximate surface area is 123 Å². The molecule has 7 heteroatoms. The summed E-state index contributed by atoms with van der Waals surface area (Å²) in [5, 5.41) is 6.11. The van der Waals surface area contributed by atoms with Crippen LogP contribution >= 0.6 is 12.4 Å². The van der Waals surface area contributed by atoms with E-state index in [1.54, 1.807) is 0 Å². The van der Waals surface area contributed by atoms with E-state index in [9.17, 15) is 18.0 Å². The summed E-state index contributed by atoms with van der Waals surface area (Å²) in [6.07, 6.45) is -0.390. The van der Waals surface area contributed by atoms with Crippen molar-refractivity contribution in [2.45, 2.75) is 63.2 Å². The number of amides is 1. The van der Waals surface area contributed by atoms with Crippen molar-refractivity contribution in [2.75, 3.05) is 6.54 Å².